The SMILES string of the molecule is COCc1nn2c3c(cnc2c1-c1ccc(OC)c(OC)c1)C(=O)C[C@H](c1ccc(OC)cc1)C3. The Balaban J connectivity index is 1.64. The van der Waals surface area contributed by atoms with E-state index in [1.165, 1.54) is 0 Å². The first-order chi connectivity index (χ1) is 17.1. The minimum absolute atomic E-state index is 0.0473. The van der Waals surface area contributed by atoms with Gasteiger partial charge in [-0.2, -0.15) is 5.10 Å². The topological polar surface area (TPSA) is 84.2 Å². The predicted molar refractivity (Wildman–Crippen MR) is 131 cm³/mol. The average molecular weight is 474 g/mol. The molecule has 1 atom stereocenters. The molecule has 0 radical (unpaired) electrons. The number of nitrogens with zero attached hydrogens (tertiary/aromatic N) is 3. The summed E-state index contributed by atoms with van der Waals surface area (Å²) < 4.78 is 23.5. The number of fused-ring (bicyclic) bond motifs is 3. The smallest absolute Gasteiger partial charge is 0.166 e. The second-order valence-corrected chi connectivity index (χ2v) is 8.48. The predicted octanol–water partition coefficient (Wildman–Crippen LogP) is 4.48. The van der Waals surface area contributed by atoms with Crippen molar-refractivity contribution in [3.63, 3.8) is 0 Å². The van der Waals surface area contributed by atoms with Crippen LogP contribution in [0, 0.1) is 0 Å². The third kappa shape index (κ3) is 4.00. The molecule has 0 fully saturated rings. The van der Waals surface area contributed by atoms with Crippen LogP contribution in [0.4, 0.5) is 0 Å². The first-order valence-corrected chi connectivity index (χ1v) is 11.4. The van der Waals surface area contributed by atoms with Gasteiger partial charge in [-0.05, 0) is 47.7 Å². The number of carbonyl (C=O) groups is 1. The van der Waals surface area contributed by atoms with Gasteiger partial charge in [0.1, 0.15) is 5.75 Å². The fourth-order valence-corrected chi connectivity index (χ4v) is 4.78. The number of Topliss-reactive ketones (excluding diaryl/α,β-unsaturated/α-hetero) is 1. The van der Waals surface area contributed by atoms with Gasteiger partial charge in [0.15, 0.2) is 22.9 Å². The maximum absolute atomic E-state index is 13.1. The van der Waals surface area contributed by atoms with Crippen LogP contribution in [-0.2, 0) is 17.8 Å². The molecule has 4 aromatic rings. The lowest BCUT2D eigenvalue weighted by Crippen LogP contribution is -2.22. The lowest BCUT2D eigenvalue weighted by molar-refractivity contribution is 0.0962. The van der Waals surface area contributed by atoms with Crippen LogP contribution in [0.2, 0.25) is 0 Å². The summed E-state index contributed by atoms with van der Waals surface area (Å²) >= 11 is 0. The van der Waals surface area contributed by atoms with E-state index in [9.17, 15) is 4.79 Å². The van der Waals surface area contributed by atoms with Gasteiger partial charge in [-0.3, -0.25) is 4.79 Å². The number of methoxy groups -OCH3 is 4. The molecule has 180 valence electrons. The van der Waals surface area contributed by atoms with Crippen LogP contribution in [0.1, 0.15) is 39.6 Å². The van der Waals surface area contributed by atoms with Gasteiger partial charge >= 0.3 is 0 Å². The van der Waals surface area contributed by atoms with E-state index in [4.69, 9.17) is 24.0 Å². The van der Waals surface area contributed by atoms with Crippen molar-refractivity contribution in [3.05, 3.63) is 71.2 Å². The summed E-state index contributed by atoms with van der Waals surface area (Å²) in [6.45, 7) is 0.303. The minimum atomic E-state index is 0.0473. The fraction of sp³-hybridized carbons (Fsp3) is 0.296. The fourth-order valence-electron chi connectivity index (χ4n) is 4.78. The van der Waals surface area contributed by atoms with E-state index in [0.29, 0.717) is 42.2 Å². The number of hydrogen-bond acceptors (Lipinski definition) is 7. The number of hydrogen-bond donors (Lipinski definition) is 0. The minimum Gasteiger partial charge on any atom is -0.497 e. The average Bonchev–Trinajstić information content (AvgIpc) is 3.27. The molecule has 1 aliphatic carbocycles. The molecule has 0 N–H and O–H groups in total. The van der Waals surface area contributed by atoms with E-state index >= 15 is 0 Å². The lowest BCUT2D eigenvalue weighted by Gasteiger charge is -2.24. The molecular formula is C27H27N3O5. The van der Waals surface area contributed by atoms with Crippen molar-refractivity contribution < 1.29 is 23.7 Å². The zero-order valence-electron chi connectivity index (χ0n) is 20.2. The number of carbonyl (C=O) groups excluding carboxylic acids is 1. The summed E-state index contributed by atoms with van der Waals surface area (Å²) in [7, 11) is 6.49. The Morgan fingerprint density at radius 3 is 2.40 bits per heavy atom. The summed E-state index contributed by atoms with van der Waals surface area (Å²) in [5, 5.41) is 4.86. The summed E-state index contributed by atoms with van der Waals surface area (Å²) in [4.78, 5) is 17.8. The highest BCUT2D eigenvalue weighted by Gasteiger charge is 2.30. The molecule has 0 saturated carbocycles. The van der Waals surface area contributed by atoms with Gasteiger partial charge in [0.25, 0.3) is 0 Å². The molecular weight excluding hydrogens is 446 g/mol. The highest BCUT2D eigenvalue weighted by molar-refractivity contribution is 5.99. The molecule has 35 heavy (non-hydrogen) atoms. The molecule has 1 aliphatic rings. The third-order valence-electron chi connectivity index (χ3n) is 6.53. The molecule has 8 heteroatoms. The number of aromatic nitrogens is 3. The molecule has 0 spiro atoms. The van der Waals surface area contributed by atoms with E-state index in [2.05, 4.69) is 4.98 Å². The summed E-state index contributed by atoms with van der Waals surface area (Å²) in [5.74, 6) is 2.16. The highest BCUT2D eigenvalue weighted by Crippen LogP contribution is 2.38. The number of rotatable bonds is 7. The van der Waals surface area contributed by atoms with E-state index in [0.717, 1.165) is 33.8 Å². The van der Waals surface area contributed by atoms with E-state index in [1.807, 2.05) is 47.0 Å². The Morgan fingerprint density at radius 1 is 0.943 bits per heavy atom. The van der Waals surface area contributed by atoms with Crippen LogP contribution >= 0.6 is 0 Å². The summed E-state index contributed by atoms with van der Waals surface area (Å²) in [6, 6.07) is 13.6. The molecule has 0 bridgehead atoms. The number of benzene rings is 2. The van der Waals surface area contributed by atoms with E-state index in [-0.39, 0.29) is 11.7 Å². The molecule has 5 rings (SSSR count). The van der Waals surface area contributed by atoms with Gasteiger partial charge in [-0.25, -0.2) is 9.50 Å². The number of ketones is 1. The van der Waals surface area contributed by atoms with E-state index < -0.39 is 0 Å². The Hall–Kier alpha value is -3.91. The van der Waals surface area contributed by atoms with Crippen molar-refractivity contribution in [2.75, 3.05) is 28.4 Å². The first-order valence-electron chi connectivity index (χ1n) is 11.4. The van der Waals surface area contributed by atoms with Gasteiger partial charge in [0.05, 0.1) is 50.5 Å². The number of ether oxygens (including phenoxy) is 4. The highest BCUT2D eigenvalue weighted by atomic mass is 16.5. The van der Waals surface area contributed by atoms with Crippen molar-refractivity contribution in [1.29, 1.82) is 0 Å². The standard InChI is InChI=1S/C27H27N3O5/c1-32-15-21-26(17-7-10-24(34-3)25(13-17)35-4)27-28-14-20-22(30(27)29-21)11-18(12-23(20)31)16-5-8-19(33-2)9-6-16/h5-10,13-14,18H,11-12,15H2,1-4H3/t18-/m1/s1. The molecule has 2 heterocycles. The van der Waals surface area contributed by atoms with Crippen molar-refractivity contribution >= 4 is 11.4 Å². The summed E-state index contributed by atoms with van der Waals surface area (Å²) in [5.41, 5.74) is 5.70. The molecule has 0 amide bonds. The van der Waals surface area contributed by atoms with Gasteiger partial charge < -0.3 is 18.9 Å². The lowest BCUT2D eigenvalue weighted by atomic mass is 9.82. The van der Waals surface area contributed by atoms with Gasteiger partial charge in [-0.1, -0.05) is 18.2 Å². The maximum atomic E-state index is 13.1. The Bertz CT molecular complexity index is 1390. The van der Waals surface area contributed by atoms with Crippen LogP contribution < -0.4 is 14.2 Å². The monoisotopic (exact) mass is 473 g/mol. The molecule has 2 aromatic carbocycles. The van der Waals surface area contributed by atoms with Crippen molar-refractivity contribution in [1.82, 2.24) is 14.6 Å². The normalized spacial score (nSPS) is 15.2. The molecule has 2 aromatic heterocycles. The summed E-state index contributed by atoms with van der Waals surface area (Å²) in [6.07, 6.45) is 2.78. The van der Waals surface area contributed by atoms with E-state index in [1.54, 1.807) is 34.6 Å². The Kier molecular flexibility index (Phi) is 6.13. The molecule has 8 nitrogen and oxygen atoms in total. The third-order valence-corrected chi connectivity index (χ3v) is 6.53. The van der Waals surface area contributed by atoms with Gasteiger partial charge in [-0.15, -0.1) is 0 Å². The maximum Gasteiger partial charge on any atom is 0.166 e. The van der Waals surface area contributed by atoms with Crippen molar-refractivity contribution in [2.24, 2.45) is 0 Å². The van der Waals surface area contributed by atoms with Gasteiger partial charge in [0, 0.05) is 19.7 Å². The molecule has 0 saturated heterocycles. The van der Waals surface area contributed by atoms with Gasteiger partial charge in [0.2, 0.25) is 0 Å². The van der Waals surface area contributed by atoms with Crippen molar-refractivity contribution in [2.45, 2.75) is 25.4 Å². The van der Waals surface area contributed by atoms with Crippen LogP contribution in [0.3, 0.4) is 0 Å². The van der Waals surface area contributed by atoms with Crippen molar-refractivity contribution in [3.8, 4) is 28.4 Å². The Labute approximate surface area is 203 Å². The first kappa shape index (κ1) is 22.9. The van der Waals surface area contributed by atoms with Crippen LogP contribution in [-0.4, -0.2) is 48.8 Å². The second kappa shape index (κ2) is 9.38. The molecule has 0 unspecified atom stereocenters. The van der Waals surface area contributed by atoms with Crippen LogP contribution in [0.5, 0.6) is 17.2 Å². The zero-order chi connectivity index (χ0) is 24.5. The Morgan fingerprint density at radius 2 is 1.71 bits per heavy atom. The largest absolute Gasteiger partial charge is 0.497 e. The molecule has 0 aliphatic heterocycles. The second-order valence-electron chi connectivity index (χ2n) is 8.48. The quantitative estimate of drug-likeness (QED) is 0.391. The van der Waals surface area contributed by atoms with Crippen LogP contribution in [0.15, 0.2) is 48.7 Å². The zero-order valence-corrected chi connectivity index (χ0v) is 20.2. The van der Waals surface area contributed by atoms with Crippen LogP contribution in [0.25, 0.3) is 16.8 Å².